The summed E-state index contributed by atoms with van der Waals surface area (Å²) in [5.41, 5.74) is 1.78. The first kappa shape index (κ1) is 14.5. The van der Waals surface area contributed by atoms with Gasteiger partial charge in [0.2, 0.25) is 0 Å². The molecule has 1 saturated heterocycles. The Bertz CT molecular complexity index is 428. The second kappa shape index (κ2) is 4.91. The van der Waals surface area contributed by atoms with E-state index in [1.165, 1.54) is 5.56 Å². The van der Waals surface area contributed by atoms with Gasteiger partial charge in [-0.1, -0.05) is 20.8 Å². The van der Waals surface area contributed by atoms with Crippen LogP contribution in [0, 0.1) is 5.41 Å². The van der Waals surface area contributed by atoms with Crippen LogP contribution < -0.4 is 5.32 Å². The van der Waals surface area contributed by atoms with Gasteiger partial charge in [-0.3, -0.25) is 9.58 Å². The van der Waals surface area contributed by atoms with E-state index in [1.54, 1.807) is 0 Å². The third-order valence-corrected chi connectivity index (χ3v) is 4.22. The molecule has 1 aliphatic heterocycles. The summed E-state index contributed by atoms with van der Waals surface area (Å²) >= 11 is 0. The van der Waals surface area contributed by atoms with Crippen molar-refractivity contribution in [3.05, 3.63) is 18.0 Å². The lowest BCUT2D eigenvalue weighted by molar-refractivity contribution is 0.0295. The Morgan fingerprint density at radius 3 is 2.63 bits per heavy atom. The van der Waals surface area contributed by atoms with Crippen LogP contribution in [-0.2, 0) is 13.6 Å². The fraction of sp³-hybridized carbons (Fsp3) is 0.800. The number of piperazine rings is 1. The third kappa shape index (κ3) is 3.37. The Kier molecular flexibility index (Phi) is 3.76. The van der Waals surface area contributed by atoms with Crippen LogP contribution in [-0.4, -0.2) is 39.4 Å². The van der Waals surface area contributed by atoms with Gasteiger partial charge in [0.05, 0.1) is 6.20 Å². The van der Waals surface area contributed by atoms with Gasteiger partial charge in [0.15, 0.2) is 0 Å². The zero-order chi connectivity index (χ0) is 14.3. The molecule has 2 heterocycles. The molecule has 1 atom stereocenters. The predicted molar refractivity (Wildman–Crippen MR) is 78.9 cm³/mol. The van der Waals surface area contributed by atoms with Crippen molar-refractivity contribution in [2.75, 3.05) is 13.1 Å². The highest BCUT2D eigenvalue weighted by atomic mass is 15.3. The number of rotatable bonds is 2. The maximum atomic E-state index is 4.27. The van der Waals surface area contributed by atoms with Gasteiger partial charge in [0.1, 0.15) is 0 Å². The Morgan fingerprint density at radius 1 is 1.42 bits per heavy atom. The zero-order valence-electron chi connectivity index (χ0n) is 13.2. The number of nitrogens with one attached hydrogen (secondary N) is 1. The normalized spacial score (nSPS) is 24.6. The standard InChI is InChI=1S/C15H28N4/c1-14(2,3)13-10-19(15(4,5)11-16-13)9-12-7-17-18(6)8-12/h7-8,13,16H,9-11H2,1-6H3. The van der Waals surface area contributed by atoms with Gasteiger partial charge in [0.25, 0.3) is 0 Å². The van der Waals surface area contributed by atoms with Gasteiger partial charge in [-0.05, 0) is 19.3 Å². The minimum absolute atomic E-state index is 0.192. The van der Waals surface area contributed by atoms with E-state index >= 15 is 0 Å². The number of nitrogens with zero attached hydrogens (tertiary/aromatic N) is 3. The zero-order valence-corrected chi connectivity index (χ0v) is 13.2. The van der Waals surface area contributed by atoms with Gasteiger partial charge in [-0.25, -0.2) is 0 Å². The van der Waals surface area contributed by atoms with Crippen molar-refractivity contribution in [3.63, 3.8) is 0 Å². The molecule has 0 saturated carbocycles. The summed E-state index contributed by atoms with van der Waals surface area (Å²) in [6, 6.07) is 0.539. The molecule has 1 unspecified atom stereocenters. The molecule has 0 amide bonds. The van der Waals surface area contributed by atoms with Crippen molar-refractivity contribution in [1.82, 2.24) is 20.0 Å². The molecule has 1 aromatic rings. The van der Waals surface area contributed by atoms with Crippen molar-refractivity contribution in [1.29, 1.82) is 0 Å². The molecule has 0 aromatic carbocycles. The Balaban J connectivity index is 2.11. The van der Waals surface area contributed by atoms with Crippen LogP contribution >= 0.6 is 0 Å². The first-order valence-electron chi connectivity index (χ1n) is 7.14. The van der Waals surface area contributed by atoms with Crippen molar-refractivity contribution in [2.45, 2.75) is 52.7 Å². The van der Waals surface area contributed by atoms with Gasteiger partial charge < -0.3 is 5.32 Å². The highest BCUT2D eigenvalue weighted by molar-refractivity contribution is 5.06. The van der Waals surface area contributed by atoms with E-state index in [2.05, 4.69) is 56.1 Å². The van der Waals surface area contributed by atoms with Crippen LogP contribution in [0.25, 0.3) is 0 Å². The highest BCUT2D eigenvalue weighted by Crippen LogP contribution is 2.28. The molecule has 0 spiro atoms. The van der Waals surface area contributed by atoms with E-state index < -0.39 is 0 Å². The maximum absolute atomic E-state index is 4.27. The maximum Gasteiger partial charge on any atom is 0.0534 e. The molecule has 0 bridgehead atoms. The Morgan fingerprint density at radius 2 is 2.11 bits per heavy atom. The average Bonchev–Trinajstić information content (AvgIpc) is 2.65. The van der Waals surface area contributed by atoms with E-state index in [4.69, 9.17) is 0 Å². The molecule has 1 fully saturated rings. The fourth-order valence-corrected chi connectivity index (χ4v) is 2.65. The lowest BCUT2D eigenvalue weighted by Gasteiger charge is -2.49. The molecule has 19 heavy (non-hydrogen) atoms. The van der Waals surface area contributed by atoms with Gasteiger partial charge in [-0.15, -0.1) is 0 Å². The SMILES string of the molecule is Cn1cc(CN2CC(C(C)(C)C)NCC2(C)C)cn1. The summed E-state index contributed by atoms with van der Waals surface area (Å²) in [6.07, 6.45) is 4.09. The Hall–Kier alpha value is -0.870. The van der Waals surface area contributed by atoms with Gasteiger partial charge in [-0.2, -0.15) is 5.10 Å². The fourth-order valence-electron chi connectivity index (χ4n) is 2.65. The first-order valence-corrected chi connectivity index (χ1v) is 7.14. The number of hydrogen-bond acceptors (Lipinski definition) is 3. The minimum Gasteiger partial charge on any atom is -0.310 e. The number of hydrogen-bond donors (Lipinski definition) is 1. The molecule has 1 aliphatic rings. The number of aromatic nitrogens is 2. The largest absolute Gasteiger partial charge is 0.310 e. The van der Waals surface area contributed by atoms with E-state index in [0.717, 1.165) is 19.6 Å². The molecule has 2 rings (SSSR count). The summed E-state index contributed by atoms with van der Waals surface area (Å²) in [6.45, 7) is 14.7. The average molecular weight is 264 g/mol. The lowest BCUT2D eigenvalue weighted by Crippen LogP contribution is -2.64. The van der Waals surface area contributed by atoms with Crippen molar-refractivity contribution in [3.8, 4) is 0 Å². The van der Waals surface area contributed by atoms with Gasteiger partial charge in [0, 0.05) is 50.0 Å². The number of aryl methyl sites for hydroxylation is 1. The quantitative estimate of drug-likeness (QED) is 0.887. The summed E-state index contributed by atoms with van der Waals surface area (Å²) in [5, 5.41) is 7.98. The lowest BCUT2D eigenvalue weighted by atomic mass is 9.82. The molecule has 4 heteroatoms. The smallest absolute Gasteiger partial charge is 0.0534 e. The van der Waals surface area contributed by atoms with Crippen LogP contribution in [0.2, 0.25) is 0 Å². The summed E-state index contributed by atoms with van der Waals surface area (Å²) < 4.78 is 1.88. The van der Waals surface area contributed by atoms with Crippen molar-refractivity contribution < 1.29 is 0 Å². The van der Waals surface area contributed by atoms with Crippen molar-refractivity contribution >= 4 is 0 Å². The third-order valence-electron chi connectivity index (χ3n) is 4.22. The summed E-state index contributed by atoms with van der Waals surface area (Å²) in [7, 11) is 1.98. The minimum atomic E-state index is 0.192. The van der Waals surface area contributed by atoms with E-state index in [0.29, 0.717) is 11.5 Å². The Labute approximate surface area is 117 Å². The van der Waals surface area contributed by atoms with Crippen molar-refractivity contribution in [2.24, 2.45) is 12.5 Å². The topological polar surface area (TPSA) is 33.1 Å². The van der Waals surface area contributed by atoms with Crippen LogP contribution in [0.4, 0.5) is 0 Å². The molecule has 4 nitrogen and oxygen atoms in total. The molecular weight excluding hydrogens is 236 g/mol. The van der Waals surface area contributed by atoms with Gasteiger partial charge >= 0.3 is 0 Å². The molecule has 0 radical (unpaired) electrons. The molecule has 1 N–H and O–H groups in total. The molecule has 0 aliphatic carbocycles. The van der Waals surface area contributed by atoms with Crippen LogP contribution in [0.15, 0.2) is 12.4 Å². The van der Waals surface area contributed by atoms with E-state index in [9.17, 15) is 0 Å². The second-order valence-corrected chi connectivity index (χ2v) is 7.51. The second-order valence-electron chi connectivity index (χ2n) is 7.51. The summed E-state index contributed by atoms with van der Waals surface area (Å²) in [5.74, 6) is 0. The van der Waals surface area contributed by atoms with Crippen LogP contribution in [0.5, 0.6) is 0 Å². The molecule has 1 aromatic heterocycles. The predicted octanol–water partition coefficient (Wildman–Crippen LogP) is 2.02. The molecule has 108 valence electrons. The summed E-state index contributed by atoms with van der Waals surface area (Å²) in [4.78, 5) is 2.58. The van der Waals surface area contributed by atoms with E-state index in [-0.39, 0.29) is 5.54 Å². The van der Waals surface area contributed by atoms with E-state index in [1.807, 2.05) is 17.9 Å². The first-order chi connectivity index (χ1) is 8.68. The highest BCUT2D eigenvalue weighted by Gasteiger charge is 2.38. The monoisotopic (exact) mass is 264 g/mol. The van der Waals surface area contributed by atoms with Crippen LogP contribution in [0.3, 0.4) is 0 Å². The molecular formula is C15H28N4. The van der Waals surface area contributed by atoms with Crippen LogP contribution in [0.1, 0.15) is 40.2 Å².